The molecule has 12 heteroatoms. The summed E-state index contributed by atoms with van der Waals surface area (Å²) < 4.78 is 81.2. The monoisotopic (exact) mass is 555 g/mol. The standard InChI is InChI=1S/C24H30NO8PS2/c1-16(2)32-34(27,33-17(3)4)24(25-35(6,28)29)15-22(23(26)20-9-7-8-10-21(20)24)36(30,31)19-13-11-18(5)12-14-19/h7-17,25H,1-6H3. The summed E-state index contributed by atoms with van der Waals surface area (Å²) in [6, 6.07) is 11.6. The molecule has 1 unspecified atom stereocenters. The fraction of sp³-hybridized carbons (Fsp3) is 0.375. The molecule has 0 bridgehead atoms. The molecule has 0 spiro atoms. The maximum atomic E-state index is 14.6. The Morgan fingerprint density at radius 1 is 0.889 bits per heavy atom. The number of nitrogens with one attached hydrogen (secondary N) is 1. The summed E-state index contributed by atoms with van der Waals surface area (Å²) in [5.74, 6) is -0.863. The molecule has 196 valence electrons. The summed E-state index contributed by atoms with van der Waals surface area (Å²) in [6.45, 7) is 8.10. The number of benzene rings is 2. The van der Waals surface area contributed by atoms with E-state index in [0.29, 0.717) is 0 Å². The highest BCUT2D eigenvalue weighted by molar-refractivity contribution is 7.96. The number of carbonyl (C=O) groups is 1. The molecule has 9 nitrogen and oxygen atoms in total. The molecular formula is C24H30NO8PS2. The molecule has 36 heavy (non-hydrogen) atoms. The minimum absolute atomic E-state index is 0.0343. The van der Waals surface area contributed by atoms with Gasteiger partial charge >= 0.3 is 7.60 Å². The quantitative estimate of drug-likeness (QED) is 0.453. The molecule has 3 rings (SSSR count). The SMILES string of the molecule is Cc1ccc(S(=O)(=O)C2=CC(NS(C)(=O)=O)(P(=O)(OC(C)C)OC(C)C)c3ccccc3C2=O)cc1. The van der Waals surface area contributed by atoms with Crippen molar-refractivity contribution in [3.05, 3.63) is 76.2 Å². The first kappa shape index (κ1) is 28.4. The fourth-order valence-corrected chi connectivity index (χ4v) is 9.39. The Kier molecular flexibility index (Phi) is 7.87. The van der Waals surface area contributed by atoms with Crippen LogP contribution in [0.5, 0.6) is 0 Å². The van der Waals surface area contributed by atoms with Crippen molar-refractivity contribution in [2.45, 2.75) is 57.0 Å². The molecule has 0 aromatic heterocycles. The van der Waals surface area contributed by atoms with Gasteiger partial charge in [-0.25, -0.2) is 16.8 Å². The molecule has 0 heterocycles. The molecule has 1 aliphatic carbocycles. The normalized spacial score (nSPS) is 18.9. The zero-order chi connectivity index (χ0) is 27.1. The number of ketones is 1. The number of carbonyl (C=O) groups excluding carboxylic acids is 1. The van der Waals surface area contributed by atoms with Crippen LogP contribution in [0.2, 0.25) is 0 Å². The lowest BCUT2D eigenvalue weighted by molar-refractivity contribution is 0.103. The highest BCUT2D eigenvalue weighted by atomic mass is 32.2. The molecule has 2 aromatic rings. The molecule has 2 aromatic carbocycles. The van der Waals surface area contributed by atoms with E-state index < -0.39 is 55.6 Å². The second-order valence-corrected chi connectivity index (χ2v) is 14.9. The number of hydrogen-bond acceptors (Lipinski definition) is 8. The Morgan fingerprint density at radius 2 is 1.42 bits per heavy atom. The summed E-state index contributed by atoms with van der Waals surface area (Å²) >= 11 is 0. The van der Waals surface area contributed by atoms with Gasteiger partial charge in [-0.05, 0) is 52.8 Å². The fourth-order valence-electron chi connectivity index (χ4n) is 3.92. The smallest absolute Gasteiger partial charge is 0.304 e. The van der Waals surface area contributed by atoms with E-state index in [-0.39, 0.29) is 16.0 Å². The molecule has 0 saturated carbocycles. The number of fused-ring (bicyclic) bond motifs is 1. The second kappa shape index (κ2) is 9.96. The number of hydrogen-bond donors (Lipinski definition) is 1. The van der Waals surface area contributed by atoms with Crippen molar-refractivity contribution in [1.29, 1.82) is 0 Å². The van der Waals surface area contributed by atoms with Crippen LogP contribution in [0.15, 0.2) is 64.4 Å². The van der Waals surface area contributed by atoms with Crippen LogP contribution in [-0.2, 0) is 38.8 Å². The van der Waals surface area contributed by atoms with Gasteiger partial charge in [0.15, 0.2) is 5.28 Å². The lowest BCUT2D eigenvalue weighted by atomic mass is 9.92. The van der Waals surface area contributed by atoms with Gasteiger partial charge in [-0.3, -0.25) is 9.36 Å². The van der Waals surface area contributed by atoms with Crippen molar-refractivity contribution in [3.63, 3.8) is 0 Å². The third-order valence-electron chi connectivity index (χ3n) is 5.24. The molecular weight excluding hydrogens is 525 g/mol. The van der Waals surface area contributed by atoms with Crippen molar-refractivity contribution in [2.24, 2.45) is 0 Å². The van der Waals surface area contributed by atoms with E-state index in [4.69, 9.17) is 9.05 Å². The minimum Gasteiger partial charge on any atom is -0.304 e. The van der Waals surface area contributed by atoms with E-state index in [1.54, 1.807) is 46.8 Å². The van der Waals surface area contributed by atoms with Crippen LogP contribution < -0.4 is 4.72 Å². The van der Waals surface area contributed by atoms with Gasteiger partial charge in [0.25, 0.3) is 0 Å². The van der Waals surface area contributed by atoms with Gasteiger partial charge in [-0.1, -0.05) is 42.0 Å². The average molecular weight is 556 g/mol. The summed E-state index contributed by atoms with van der Waals surface area (Å²) in [4.78, 5) is 12.6. The zero-order valence-corrected chi connectivity index (χ0v) is 23.4. The van der Waals surface area contributed by atoms with Gasteiger partial charge in [0.1, 0.15) is 4.91 Å². The maximum Gasteiger partial charge on any atom is 0.360 e. The predicted octanol–water partition coefficient (Wildman–Crippen LogP) is 4.29. The largest absolute Gasteiger partial charge is 0.360 e. The molecule has 0 aliphatic heterocycles. The first-order valence-corrected chi connectivity index (χ1v) is 16.1. The van der Waals surface area contributed by atoms with Crippen LogP contribution in [-0.4, -0.2) is 41.1 Å². The number of sulfone groups is 1. The first-order valence-electron chi connectivity index (χ1n) is 11.2. The van der Waals surface area contributed by atoms with Crippen LogP contribution in [0.25, 0.3) is 0 Å². The Morgan fingerprint density at radius 3 is 1.92 bits per heavy atom. The van der Waals surface area contributed by atoms with Crippen LogP contribution in [0.1, 0.15) is 49.2 Å². The average Bonchev–Trinajstić information content (AvgIpc) is 2.74. The van der Waals surface area contributed by atoms with Crippen LogP contribution in [0, 0.1) is 6.92 Å². The van der Waals surface area contributed by atoms with Gasteiger partial charge in [-0.2, -0.15) is 4.72 Å². The van der Waals surface area contributed by atoms with E-state index >= 15 is 0 Å². The third-order valence-corrected chi connectivity index (χ3v) is 10.6. The topological polar surface area (TPSA) is 133 Å². The number of sulfonamides is 1. The van der Waals surface area contributed by atoms with E-state index in [0.717, 1.165) is 17.9 Å². The van der Waals surface area contributed by atoms with Crippen molar-refractivity contribution >= 4 is 33.2 Å². The molecule has 0 radical (unpaired) electrons. The summed E-state index contributed by atoms with van der Waals surface area (Å²) in [6.07, 6.45) is 0.302. The Balaban J connectivity index is 2.49. The minimum atomic E-state index is -4.58. The van der Waals surface area contributed by atoms with E-state index in [1.165, 1.54) is 36.4 Å². The third kappa shape index (κ3) is 5.41. The van der Waals surface area contributed by atoms with Gasteiger partial charge in [0.05, 0.1) is 23.4 Å². The van der Waals surface area contributed by atoms with Gasteiger partial charge < -0.3 is 9.05 Å². The van der Waals surface area contributed by atoms with Gasteiger partial charge in [0, 0.05) is 11.1 Å². The van der Waals surface area contributed by atoms with Crippen LogP contribution in [0.4, 0.5) is 0 Å². The molecule has 1 atom stereocenters. The van der Waals surface area contributed by atoms with Gasteiger partial charge in [-0.15, -0.1) is 0 Å². The lowest BCUT2D eigenvalue weighted by Crippen LogP contribution is -2.48. The van der Waals surface area contributed by atoms with Crippen LogP contribution >= 0.6 is 7.60 Å². The van der Waals surface area contributed by atoms with Gasteiger partial charge in [0.2, 0.25) is 25.6 Å². The summed E-state index contributed by atoms with van der Waals surface area (Å²) in [5, 5.41) is -2.34. The molecule has 0 fully saturated rings. The van der Waals surface area contributed by atoms with E-state index in [9.17, 15) is 26.2 Å². The Bertz CT molecular complexity index is 1450. The van der Waals surface area contributed by atoms with Crippen molar-refractivity contribution in [3.8, 4) is 0 Å². The Hall–Kier alpha value is -2.14. The number of allylic oxidation sites excluding steroid dienone is 1. The number of rotatable bonds is 9. The second-order valence-electron chi connectivity index (χ2n) is 9.15. The number of Topliss-reactive ketones (excluding diaryl/α,β-unsaturated/α-hetero) is 1. The predicted molar refractivity (Wildman–Crippen MR) is 137 cm³/mol. The van der Waals surface area contributed by atoms with E-state index in [2.05, 4.69) is 4.72 Å². The van der Waals surface area contributed by atoms with Crippen molar-refractivity contribution < 1.29 is 35.2 Å². The lowest BCUT2D eigenvalue weighted by Gasteiger charge is -2.41. The Labute approximate surface area is 212 Å². The highest BCUT2D eigenvalue weighted by Crippen LogP contribution is 2.67. The molecule has 0 saturated heterocycles. The van der Waals surface area contributed by atoms with E-state index in [1.807, 2.05) is 0 Å². The summed E-state index contributed by atoms with van der Waals surface area (Å²) in [5.41, 5.74) is 0.631. The number of aryl methyl sites for hydroxylation is 1. The van der Waals surface area contributed by atoms with Crippen LogP contribution in [0.3, 0.4) is 0 Å². The molecule has 1 aliphatic rings. The highest BCUT2D eigenvalue weighted by Gasteiger charge is 2.58. The maximum absolute atomic E-state index is 14.6. The molecule has 1 N–H and O–H groups in total. The summed E-state index contributed by atoms with van der Waals surface area (Å²) in [7, 11) is -13.2. The van der Waals surface area contributed by atoms with Crippen molar-refractivity contribution in [2.75, 3.05) is 6.26 Å². The zero-order valence-electron chi connectivity index (χ0n) is 20.9. The molecule has 0 amide bonds. The first-order chi connectivity index (χ1) is 16.5. The van der Waals surface area contributed by atoms with Crippen molar-refractivity contribution in [1.82, 2.24) is 4.72 Å².